The highest BCUT2D eigenvalue weighted by atomic mass is 127. The first-order valence-electron chi connectivity index (χ1n) is 8.75. The Morgan fingerprint density at radius 3 is 2.76 bits per heavy atom. The van der Waals surface area contributed by atoms with Crippen LogP contribution in [0.2, 0.25) is 0 Å². The van der Waals surface area contributed by atoms with Crippen LogP contribution in [0.1, 0.15) is 19.8 Å². The first-order chi connectivity index (χ1) is 11.7. The smallest absolute Gasteiger partial charge is 0.190 e. The van der Waals surface area contributed by atoms with Crippen LogP contribution in [0.4, 0.5) is 5.69 Å². The molecule has 2 rings (SSSR count). The maximum absolute atomic E-state index is 5.34. The number of halogens is 2. The Bertz CT molecular complexity index is 512. The monoisotopic (exact) mass is 524 g/mol. The van der Waals surface area contributed by atoms with E-state index in [1.165, 1.54) is 12.1 Å². The maximum Gasteiger partial charge on any atom is 0.190 e. The van der Waals surface area contributed by atoms with Gasteiger partial charge in [-0.05, 0) is 49.9 Å². The number of hydrogen-bond donors (Lipinski definition) is 2. The first-order valence-corrected chi connectivity index (χ1v) is 9.55. The number of anilines is 1. The molecule has 2 N–H and O–H groups in total. The van der Waals surface area contributed by atoms with Crippen molar-refractivity contribution in [3.8, 4) is 0 Å². The summed E-state index contributed by atoms with van der Waals surface area (Å²) in [6.07, 6.45) is 2.21. The van der Waals surface area contributed by atoms with Gasteiger partial charge < -0.3 is 20.3 Å². The summed E-state index contributed by atoms with van der Waals surface area (Å²) in [4.78, 5) is 6.74. The molecule has 0 aliphatic carbocycles. The Morgan fingerprint density at radius 1 is 1.32 bits per heavy atom. The Balaban J connectivity index is 0.00000312. The molecule has 0 spiro atoms. The third-order valence-corrected chi connectivity index (χ3v) is 4.75. The predicted molar refractivity (Wildman–Crippen MR) is 120 cm³/mol. The number of rotatable bonds is 8. The lowest BCUT2D eigenvalue weighted by Crippen LogP contribution is -2.40. The van der Waals surface area contributed by atoms with Crippen molar-refractivity contribution in [2.75, 3.05) is 51.3 Å². The van der Waals surface area contributed by atoms with Crippen LogP contribution in [0.5, 0.6) is 0 Å². The van der Waals surface area contributed by atoms with Crippen LogP contribution in [0.3, 0.4) is 0 Å². The molecule has 142 valence electrons. The highest BCUT2D eigenvalue weighted by molar-refractivity contribution is 14.0. The average molecular weight is 525 g/mol. The van der Waals surface area contributed by atoms with Crippen LogP contribution in [-0.4, -0.2) is 52.4 Å². The molecule has 1 aliphatic heterocycles. The molecule has 1 fully saturated rings. The van der Waals surface area contributed by atoms with Crippen LogP contribution in [-0.2, 0) is 4.74 Å². The summed E-state index contributed by atoms with van der Waals surface area (Å²) in [6, 6.07) is 8.57. The molecule has 7 heteroatoms. The summed E-state index contributed by atoms with van der Waals surface area (Å²) >= 11 is 3.49. The number of nitrogens with zero attached hydrogens (tertiary/aromatic N) is 2. The number of ether oxygens (including phenoxy) is 1. The first kappa shape index (κ1) is 22.5. The van der Waals surface area contributed by atoms with E-state index in [2.05, 4.69) is 60.7 Å². The predicted octanol–water partition coefficient (Wildman–Crippen LogP) is 3.49. The minimum atomic E-state index is 0. The topological polar surface area (TPSA) is 48.9 Å². The van der Waals surface area contributed by atoms with Crippen LogP contribution in [0.25, 0.3) is 0 Å². The SMILES string of the molecule is CCOCCCNC(=NC)NCC1CCN(c2ccc(Br)cc2)C1.I. The van der Waals surface area contributed by atoms with E-state index in [-0.39, 0.29) is 24.0 Å². The molecule has 1 aromatic carbocycles. The Labute approximate surface area is 177 Å². The zero-order chi connectivity index (χ0) is 17.2. The quantitative estimate of drug-likeness (QED) is 0.236. The summed E-state index contributed by atoms with van der Waals surface area (Å²) in [6.45, 7) is 7.65. The van der Waals surface area contributed by atoms with Gasteiger partial charge in [-0.15, -0.1) is 24.0 Å². The number of nitrogens with one attached hydrogen (secondary N) is 2. The van der Waals surface area contributed by atoms with Crippen LogP contribution in [0.15, 0.2) is 33.7 Å². The number of benzene rings is 1. The molecule has 1 heterocycles. The number of hydrogen-bond acceptors (Lipinski definition) is 3. The van der Waals surface area contributed by atoms with E-state index in [0.717, 1.165) is 56.2 Å². The Morgan fingerprint density at radius 2 is 2.08 bits per heavy atom. The molecular formula is C18H30BrIN4O. The lowest BCUT2D eigenvalue weighted by atomic mass is 10.1. The molecule has 0 amide bonds. The van der Waals surface area contributed by atoms with E-state index >= 15 is 0 Å². The van der Waals surface area contributed by atoms with Crippen molar-refractivity contribution in [3.63, 3.8) is 0 Å². The fourth-order valence-electron chi connectivity index (χ4n) is 2.87. The van der Waals surface area contributed by atoms with Crippen molar-refractivity contribution in [3.05, 3.63) is 28.7 Å². The molecule has 5 nitrogen and oxygen atoms in total. The van der Waals surface area contributed by atoms with Gasteiger partial charge in [0, 0.05) is 56.6 Å². The Kier molecular flexibility index (Phi) is 11.5. The fourth-order valence-corrected chi connectivity index (χ4v) is 3.14. The summed E-state index contributed by atoms with van der Waals surface area (Å²) in [7, 11) is 1.82. The molecular weight excluding hydrogens is 495 g/mol. The van der Waals surface area contributed by atoms with Gasteiger partial charge in [0.05, 0.1) is 0 Å². The second kappa shape index (κ2) is 12.8. The largest absolute Gasteiger partial charge is 0.382 e. The summed E-state index contributed by atoms with van der Waals surface area (Å²) in [5.74, 6) is 1.53. The van der Waals surface area contributed by atoms with E-state index in [0.29, 0.717) is 5.92 Å². The molecule has 1 aromatic rings. The van der Waals surface area contributed by atoms with Crippen molar-refractivity contribution in [2.24, 2.45) is 10.9 Å². The van der Waals surface area contributed by atoms with Crippen LogP contribution >= 0.6 is 39.9 Å². The zero-order valence-corrected chi connectivity index (χ0v) is 19.0. The molecule has 0 radical (unpaired) electrons. The van der Waals surface area contributed by atoms with Crippen LogP contribution < -0.4 is 15.5 Å². The van der Waals surface area contributed by atoms with Crippen molar-refractivity contribution < 1.29 is 4.74 Å². The Hall–Kier alpha value is -0.540. The highest BCUT2D eigenvalue weighted by Crippen LogP contribution is 2.24. The van der Waals surface area contributed by atoms with Gasteiger partial charge in [0.2, 0.25) is 0 Å². The zero-order valence-electron chi connectivity index (χ0n) is 15.1. The van der Waals surface area contributed by atoms with Gasteiger partial charge >= 0.3 is 0 Å². The molecule has 0 aromatic heterocycles. The van der Waals surface area contributed by atoms with E-state index < -0.39 is 0 Å². The third kappa shape index (κ3) is 8.13. The molecule has 0 bridgehead atoms. The third-order valence-electron chi connectivity index (χ3n) is 4.22. The van der Waals surface area contributed by atoms with E-state index in [1.807, 2.05) is 14.0 Å². The fraction of sp³-hybridized carbons (Fsp3) is 0.611. The second-order valence-electron chi connectivity index (χ2n) is 6.01. The molecule has 25 heavy (non-hydrogen) atoms. The minimum absolute atomic E-state index is 0. The number of aliphatic imine (C=N–C) groups is 1. The van der Waals surface area contributed by atoms with Gasteiger partial charge in [-0.3, -0.25) is 4.99 Å². The van der Waals surface area contributed by atoms with Gasteiger partial charge in [-0.25, -0.2) is 0 Å². The van der Waals surface area contributed by atoms with E-state index in [4.69, 9.17) is 4.74 Å². The molecule has 0 saturated carbocycles. The summed E-state index contributed by atoms with van der Waals surface area (Å²) in [5.41, 5.74) is 1.30. The average Bonchev–Trinajstić information content (AvgIpc) is 3.07. The van der Waals surface area contributed by atoms with Gasteiger partial charge in [-0.1, -0.05) is 15.9 Å². The molecule has 1 saturated heterocycles. The normalized spacial score (nSPS) is 17.3. The standard InChI is InChI=1S/C18H29BrN4O.HI/c1-3-24-12-4-10-21-18(20-2)22-13-15-9-11-23(14-15)17-7-5-16(19)6-8-17;/h5-8,15H,3-4,9-14H2,1-2H3,(H2,20,21,22);1H. The van der Waals surface area contributed by atoms with E-state index in [1.54, 1.807) is 0 Å². The van der Waals surface area contributed by atoms with Crippen LogP contribution in [0, 0.1) is 5.92 Å². The highest BCUT2D eigenvalue weighted by Gasteiger charge is 2.22. The van der Waals surface area contributed by atoms with Gasteiger partial charge in [0.15, 0.2) is 5.96 Å². The molecule has 1 aliphatic rings. The lowest BCUT2D eigenvalue weighted by Gasteiger charge is -2.19. The van der Waals surface area contributed by atoms with Gasteiger partial charge in [0.1, 0.15) is 0 Å². The summed E-state index contributed by atoms with van der Waals surface area (Å²) < 4.78 is 6.47. The van der Waals surface area contributed by atoms with Gasteiger partial charge in [0.25, 0.3) is 0 Å². The maximum atomic E-state index is 5.34. The van der Waals surface area contributed by atoms with Crippen molar-refractivity contribution in [2.45, 2.75) is 19.8 Å². The number of guanidine groups is 1. The second-order valence-corrected chi connectivity index (χ2v) is 6.92. The van der Waals surface area contributed by atoms with Gasteiger partial charge in [-0.2, -0.15) is 0 Å². The van der Waals surface area contributed by atoms with Crippen molar-refractivity contribution >= 4 is 51.6 Å². The molecule has 1 atom stereocenters. The van der Waals surface area contributed by atoms with Crippen molar-refractivity contribution in [1.29, 1.82) is 0 Å². The molecule has 1 unspecified atom stereocenters. The van der Waals surface area contributed by atoms with Crippen molar-refractivity contribution in [1.82, 2.24) is 10.6 Å². The van der Waals surface area contributed by atoms with E-state index in [9.17, 15) is 0 Å². The lowest BCUT2D eigenvalue weighted by molar-refractivity contribution is 0.145. The minimum Gasteiger partial charge on any atom is -0.382 e. The summed E-state index contributed by atoms with van der Waals surface area (Å²) in [5, 5.41) is 6.79.